The molecule has 0 radical (unpaired) electrons. The summed E-state index contributed by atoms with van der Waals surface area (Å²) in [6.45, 7) is 4.75. The Labute approximate surface area is 200 Å². The van der Waals surface area contributed by atoms with Crippen LogP contribution in [-0.2, 0) is 4.79 Å². The molecule has 3 N–H and O–H groups in total. The van der Waals surface area contributed by atoms with E-state index in [1.165, 1.54) is 18.2 Å². The second-order valence-corrected chi connectivity index (χ2v) is 8.49. The van der Waals surface area contributed by atoms with Crippen LogP contribution in [0.15, 0.2) is 72.2 Å². The van der Waals surface area contributed by atoms with Crippen LogP contribution in [0.2, 0.25) is 0 Å². The lowest BCUT2D eigenvalue weighted by atomic mass is 9.90. The molecule has 4 aromatic rings. The number of fused-ring (bicyclic) bond motifs is 1. The van der Waals surface area contributed by atoms with Gasteiger partial charge in [0.15, 0.2) is 5.82 Å². The zero-order valence-corrected chi connectivity index (χ0v) is 18.9. The monoisotopic (exact) mass is 473 g/mol. The highest BCUT2D eigenvalue weighted by Gasteiger charge is 2.28. The van der Waals surface area contributed by atoms with Crippen molar-refractivity contribution >= 4 is 22.6 Å². The van der Waals surface area contributed by atoms with Crippen LogP contribution in [-0.4, -0.2) is 38.7 Å². The summed E-state index contributed by atoms with van der Waals surface area (Å²) in [5.74, 6) is 0.813. The molecule has 8 nitrogen and oxygen atoms in total. The fourth-order valence-corrected chi connectivity index (χ4v) is 4.62. The standard InChI is InChI=1S/C26H24FN5O3/c1-2-22(33)31-13-3-4-16(14-31)21-15-32(24-23(21)26(34)30-29-25(24)28)18-7-11-20(12-8-18)35-19-9-5-17(27)6-10-19/h2,5-12,15-16H,1,3-4,13-14H2,(H2,28,29)(H,30,34)/t16-/m0/s1. The number of piperidine rings is 1. The second kappa shape index (κ2) is 9.09. The largest absolute Gasteiger partial charge is 0.457 e. The number of ether oxygens (including phenoxy) is 1. The predicted molar refractivity (Wildman–Crippen MR) is 131 cm³/mol. The Hall–Kier alpha value is -4.40. The number of amides is 1. The number of nitrogens with zero attached hydrogens (tertiary/aromatic N) is 3. The van der Waals surface area contributed by atoms with Crippen molar-refractivity contribution in [1.29, 1.82) is 0 Å². The topological polar surface area (TPSA) is 106 Å². The van der Waals surface area contributed by atoms with Gasteiger partial charge in [0.1, 0.15) is 22.8 Å². The Morgan fingerprint density at radius 2 is 1.86 bits per heavy atom. The number of carbonyl (C=O) groups excluding carboxylic acids is 1. The molecule has 0 spiro atoms. The van der Waals surface area contributed by atoms with Gasteiger partial charge in [-0.25, -0.2) is 9.49 Å². The van der Waals surface area contributed by atoms with Gasteiger partial charge in [0.2, 0.25) is 5.91 Å². The van der Waals surface area contributed by atoms with Crippen LogP contribution in [0.25, 0.3) is 16.6 Å². The molecular weight excluding hydrogens is 449 g/mol. The summed E-state index contributed by atoms with van der Waals surface area (Å²) in [4.78, 5) is 26.8. The first-order valence-corrected chi connectivity index (χ1v) is 11.3. The molecule has 1 aliphatic heterocycles. The highest BCUT2D eigenvalue weighted by molar-refractivity contribution is 5.92. The number of halogens is 1. The van der Waals surface area contributed by atoms with Crippen LogP contribution in [0.4, 0.5) is 10.2 Å². The maximum atomic E-state index is 13.1. The van der Waals surface area contributed by atoms with Gasteiger partial charge in [-0.1, -0.05) is 6.58 Å². The second-order valence-electron chi connectivity index (χ2n) is 8.49. The van der Waals surface area contributed by atoms with E-state index in [0.29, 0.717) is 35.5 Å². The number of nitrogen functional groups attached to an aromatic ring is 1. The Morgan fingerprint density at radius 1 is 1.17 bits per heavy atom. The minimum Gasteiger partial charge on any atom is -0.457 e. The third-order valence-electron chi connectivity index (χ3n) is 6.29. The van der Waals surface area contributed by atoms with E-state index >= 15 is 0 Å². The third kappa shape index (κ3) is 4.28. The van der Waals surface area contributed by atoms with E-state index in [4.69, 9.17) is 10.5 Å². The number of rotatable bonds is 5. The molecule has 35 heavy (non-hydrogen) atoms. The number of nitrogens with one attached hydrogen (secondary N) is 1. The fourth-order valence-electron chi connectivity index (χ4n) is 4.62. The first-order chi connectivity index (χ1) is 16.9. The van der Waals surface area contributed by atoms with E-state index < -0.39 is 0 Å². The van der Waals surface area contributed by atoms with Gasteiger partial charge in [0, 0.05) is 30.9 Å². The van der Waals surface area contributed by atoms with Crippen LogP contribution < -0.4 is 16.0 Å². The lowest BCUT2D eigenvalue weighted by Crippen LogP contribution is -2.38. The van der Waals surface area contributed by atoms with E-state index in [-0.39, 0.29) is 29.0 Å². The number of carbonyl (C=O) groups is 1. The lowest BCUT2D eigenvalue weighted by Gasteiger charge is -2.32. The van der Waals surface area contributed by atoms with Gasteiger partial charge in [-0.3, -0.25) is 9.59 Å². The van der Waals surface area contributed by atoms with E-state index in [1.807, 2.05) is 22.9 Å². The Bertz CT molecular complexity index is 1460. The van der Waals surface area contributed by atoms with Gasteiger partial charge in [-0.05, 0) is 73.0 Å². The van der Waals surface area contributed by atoms with Crippen LogP contribution in [0, 0.1) is 5.82 Å². The van der Waals surface area contributed by atoms with Crippen molar-refractivity contribution in [2.24, 2.45) is 0 Å². The predicted octanol–water partition coefficient (Wildman–Crippen LogP) is 4.12. The molecule has 3 heterocycles. The molecule has 2 aromatic carbocycles. The normalized spacial score (nSPS) is 15.8. The minimum absolute atomic E-state index is 0.0274. The van der Waals surface area contributed by atoms with Gasteiger partial charge >= 0.3 is 0 Å². The molecule has 9 heteroatoms. The van der Waals surface area contributed by atoms with Crippen molar-refractivity contribution in [3.8, 4) is 17.2 Å². The highest BCUT2D eigenvalue weighted by Crippen LogP contribution is 2.35. The Kier molecular flexibility index (Phi) is 5.82. The Balaban J connectivity index is 1.53. The van der Waals surface area contributed by atoms with Crippen molar-refractivity contribution in [3.05, 3.63) is 89.1 Å². The molecule has 1 atom stereocenters. The molecule has 1 saturated heterocycles. The molecule has 0 bridgehead atoms. The van der Waals surface area contributed by atoms with E-state index in [0.717, 1.165) is 24.1 Å². The smallest absolute Gasteiger partial charge is 0.274 e. The summed E-state index contributed by atoms with van der Waals surface area (Å²) in [5, 5.41) is 6.93. The number of aromatic nitrogens is 3. The third-order valence-corrected chi connectivity index (χ3v) is 6.29. The average Bonchev–Trinajstić information content (AvgIpc) is 3.30. The molecular formula is C26H24FN5O3. The number of nitrogens with two attached hydrogens (primary N) is 1. The number of hydrogen-bond acceptors (Lipinski definition) is 5. The number of likely N-dealkylation sites (tertiary alicyclic amines) is 1. The zero-order valence-electron chi connectivity index (χ0n) is 18.9. The molecule has 178 valence electrons. The molecule has 0 aliphatic carbocycles. The van der Waals surface area contributed by atoms with Crippen molar-refractivity contribution in [2.75, 3.05) is 18.8 Å². The quantitative estimate of drug-likeness (QED) is 0.424. The van der Waals surface area contributed by atoms with Crippen molar-refractivity contribution < 1.29 is 13.9 Å². The first-order valence-electron chi connectivity index (χ1n) is 11.3. The maximum Gasteiger partial charge on any atom is 0.274 e. The van der Waals surface area contributed by atoms with Crippen molar-refractivity contribution in [3.63, 3.8) is 0 Å². The number of anilines is 1. The zero-order chi connectivity index (χ0) is 24.5. The van der Waals surface area contributed by atoms with Gasteiger partial charge in [-0.15, -0.1) is 0 Å². The molecule has 1 fully saturated rings. The first kappa shape index (κ1) is 22.4. The maximum absolute atomic E-state index is 13.1. The lowest BCUT2D eigenvalue weighted by molar-refractivity contribution is -0.127. The van der Waals surface area contributed by atoms with Gasteiger partial charge in [0.05, 0.1) is 5.39 Å². The minimum atomic E-state index is -0.334. The summed E-state index contributed by atoms with van der Waals surface area (Å²) >= 11 is 0. The van der Waals surface area contributed by atoms with Gasteiger partial charge in [0.25, 0.3) is 5.56 Å². The average molecular weight is 474 g/mol. The van der Waals surface area contributed by atoms with Crippen LogP contribution >= 0.6 is 0 Å². The van der Waals surface area contributed by atoms with E-state index in [9.17, 15) is 14.0 Å². The Morgan fingerprint density at radius 3 is 2.54 bits per heavy atom. The highest BCUT2D eigenvalue weighted by atomic mass is 19.1. The summed E-state index contributed by atoms with van der Waals surface area (Å²) in [7, 11) is 0. The number of hydrogen-bond donors (Lipinski definition) is 2. The molecule has 1 aliphatic rings. The van der Waals surface area contributed by atoms with Gasteiger partial charge < -0.3 is 19.9 Å². The molecule has 2 aromatic heterocycles. The molecule has 0 unspecified atom stereocenters. The molecule has 5 rings (SSSR count). The van der Waals surface area contributed by atoms with Crippen LogP contribution in [0.5, 0.6) is 11.5 Å². The summed E-state index contributed by atoms with van der Waals surface area (Å²) in [6.07, 6.45) is 4.88. The fraction of sp³-hybridized carbons (Fsp3) is 0.192. The van der Waals surface area contributed by atoms with Crippen LogP contribution in [0.1, 0.15) is 24.3 Å². The molecule has 0 saturated carbocycles. The van der Waals surface area contributed by atoms with Crippen LogP contribution in [0.3, 0.4) is 0 Å². The summed E-state index contributed by atoms with van der Waals surface area (Å²) in [5.41, 5.74) is 7.99. The van der Waals surface area contributed by atoms with Gasteiger partial charge in [-0.2, -0.15) is 5.10 Å². The van der Waals surface area contributed by atoms with Crippen molar-refractivity contribution in [2.45, 2.75) is 18.8 Å². The van der Waals surface area contributed by atoms with E-state index in [1.54, 1.807) is 29.2 Å². The summed E-state index contributed by atoms with van der Waals surface area (Å²) < 4.78 is 20.8. The number of benzene rings is 2. The number of H-pyrrole nitrogens is 1. The number of aromatic amines is 1. The van der Waals surface area contributed by atoms with E-state index in [2.05, 4.69) is 16.8 Å². The van der Waals surface area contributed by atoms with Crippen molar-refractivity contribution in [1.82, 2.24) is 19.7 Å². The SMILES string of the molecule is C=CC(=O)N1CCC[C@H](c2cn(-c3ccc(Oc4ccc(F)cc4)cc3)c3c(N)n[nH]c(=O)c23)C1. The summed E-state index contributed by atoms with van der Waals surface area (Å²) in [6, 6.07) is 13.0. The molecule has 1 amide bonds.